The molecule has 0 atom stereocenters. The molecule has 1 fully saturated rings. The van der Waals surface area contributed by atoms with Crippen molar-refractivity contribution < 1.29 is 18.8 Å². The number of fused-ring (bicyclic) bond motifs is 1. The Morgan fingerprint density at radius 3 is 2.65 bits per heavy atom. The molecule has 0 saturated heterocycles. The van der Waals surface area contributed by atoms with Crippen molar-refractivity contribution in [2.75, 3.05) is 26.8 Å². The highest BCUT2D eigenvalue weighted by atomic mass is 16.6. The molecule has 1 saturated carbocycles. The first-order valence-corrected chi connectivity index (χ1v) is 8.89. The lowest BCUT2D eigenvalue weighted by molar-refractivity contribution is 0.0776. The van der Waals surface area contributed by atoms with Crippen LogP contribution in [0.2, 0.25) is 0 Å². The Morgan fingerprint density at radius 2 is 1.96 bits per heavy atom. The van der Waals surface area contributed by atoms with Gasteiger partial charge >= 0.3 is 0 Å². The van der Waals surface area contributed by atoms with E-state index in [1.54, 1.807) is 11.9 Å². The summed E-state index contributed by atoms with van der Waals surface area (Å²) in [6.07, 6.45) is 2.77. The summed E-state index contributed by atoms with van der Waals surface area (Å²) in [5.41, 5.74) is 2.18. The molecule has 0 aromatic carbocycles. The van der Waals surface area contributed by atoms with Crippen molar-refractivity contribution in [2.45, 2.75) is 39.0 Å². The SMILES string of the molecule is Cc1noc(C)c1CCN(C)C(=O)c1nc(C2CC2)nc2c1OCCO2. The Balaban J connectivity index is 1.56. The third kappa shape index (κ3) is 3.11. The molecule has 2 aliphatic rings. The van der Waals surface area contributed by atoms with Gasteiger partial charge in [-0.1, -0.05) is 5.16 Å². The molecule has 0 radical (unpaired) electrons. The highest BCUT2D eigenvalue weighted by Crippen LogP contribution is 2.41. The molecule has 0 N–H and O–H groups in total. The number of aromatic nitrogens is 3. The summed E-state index contributed by atoms with van der Waals surface area (Å²) in [4.78, 5) is 23.6. The first-order valence-electron chi connectivity index (χ1n) is 8.89. The fraction of sp³-hybridized carbons (Fsp3) is 0.556. The van der Waals surface area contributed by atoms with Gasteiger partial charge in [-0.15, -0.1) is 0 Å². The van der Waals surface area contributed by atoms with E-state index < -0.39 is 0 Å². The second-order valence-corrected chi connectivity index (χ2v) is 6.82. The summed E-state index contributed by atoms with van der Waals surface area (Å²) in [7, 11) is 1.76. The molecule has 0 spiro atoms. The van der Waals surface area contributed by atoms with Gasteiger partial charge in [0.15, 0.2) is 5.69 Å². The van der Waals surface area contributed by atoms with Crippen molar-refractivity contribution in [1.82, 2.24) is 20.0 Å². The number of carbonyl (C=O) groups excluding carboxylic acids is 1. The van der Waals surface area contributed by atoms with Crippen molar-refractivity contribution in [2.24, 2.45) is 0 Å². The van der Waals surface area contributed by atoms with Crippen molar-refractivity contribution in [3.05, 3.63) is 28.5 Å². The topological polar surface area (TPSA) is 90.6 Å². The fourth-order valence-electron chi connectivity index (χ4n) is 3.05. The smallest absolute Gasteiger partial charge is 0.276 e. The van der Waals surface area contributed by atoms with Crippen molar-refractivity contribution in [3.8, 4) is 11.6 Å². The van der Waals surface area contributed by atoms with Crippen LogP contribution in [-0.2, 0) is 6.42 Å². The van der Waals surface area contributed by atoms with Crippen LogP contribution >= 0.6 is 0 Å². The van der Waals surface area contributed by atoms with Crippen LogP contribution in [0.4, 0.5) is 0 Å². The number of hydrogen-bond acceptors (Lipinski definition) is 7. The zero-order valence-corrected chi connectivity index (χ0v) is 15.2. The number of rotatable bonds is 5. The maximum Gasteiger partial charge on any atom is 0.276 e. The first kappa shape index (κ1) is 16.8. The summed E-state index contributed by atoms with van der Waals surface area (Å²) in [5, 5.41) is 3.96. The van der Waals surface area contributed by atoms with E-state index in [1.165, 1.54) is 0 Å². The van der Waals surface area contributed by atoms with Crippen LogP contribution < -0.4 is 9.47 Å². The number of aryl methyl sites for hydroxylation is 2. The standard InChI is InChI=1S/C18H22N4O4/c1-10-13(11(2)26-21-10)6-7-22(3)18(23)14-15-17(25-9-8-24-15)20-16(19-14)12-4-5-12/h12H,4-9H2,1-3H3. The molecule has 1 aliphatic heterocycles. The van der Waals surface area contributed by atoms with E-state index in [1.807, 2.05) is 13.8 Å². The van der Waals surface area contributed by atoms with Crippen molar-refractivity contribution in [1.29, 1.82) is 0 Å². The van der Waals surface area contributed by atoms with Crippen molar-refractivity contribution in [3.63, 3.8) is 0 Å². The summed E-state index contributed by atoms with van der Waals surface area (Å²) >= 11 is 0. The van der Waals surface area contributed by atoms with Crippen LogP contribution in [-0.4, -0.2) is 52.7 Å². The van der Waals surface area contributed by atoms with Gasteiger partial charge in [0.25, 0.3) is 11.8 Å². The predicted octanol–water partition coefficient (Wildman–Crippen LogP) is 2.04. The van der Waals surface area contributed by atoms with E-state index >= 15 is 0 Å². The molecule has 4 rings (SSSR count). The van der Waals surface area contributed by atoms with Gasteiger partial charge in [0.05, 0.1) is 5.69 Å². The molecule has 0 unspecified atom stereocenters. The van der Waals surface area contributed by atoms with Crippen LogP contribution in [0.3, 0.4) is 0 Å². The highest BCUT2D eigenvalue weighted by Gasteiger charge is 2.33. The molecule has 8 heteroatoms. The van der Waals surface area contributed by atoms with Gasteiger partial charge in [0, 0.05) is 25.1 Å². The number of hydrogen-bond donors (Lipinski definition) is 0. The molecule has 2 aromatic heterocycles. The Hall–Kier alpha value is -2.64. The molecule has 138 valence electrons. The minimum absolute atomic E-state index is 0.192. The van der Waals surface area contributed by atoms with Crippen molar-refractivity contribution >= 4 is 5.91 Å². The molecule has 26 heavy (non-hydrogen) atoms. The molecule has 1 amide bonds. The Bertz CT molecular complexity index is 824. The van der Waals surface area contributed by atoms with E-state index in [2.05, 4.69) is 15.1 Å². The Kier molecular flexibility index (Phi) is 4.26. The zero-order chi connectivity index (χ0) is 18.3. The normalized spacial score (nSPS) is 15.8. The number of amides is 1. The number of ether oxygens (including phenoxy) is 2. The Morgan fingerprint density at radius 1 is 1.19 bits per heavy atom. The second kappa shape index (κ2) is 6.59. The van der Waals surface area contributed by atoms with Gasteiger partial charge < -0.3 is 18.9 Å². The average Bonchev–Trinajstić information content (AvgIpc) is 3.45. The highest BCUT2D eigenvalue weighted by molar-refractivity contribution is 5.95. The molecule has 1 aliphatic carbocycles. The van der Waals surface area contributed by atoms with E-state index in [4.69, 9.17) is 14.0 Å². The molecule has 0 bridgehead atoms. The maximum atomic E-state index is 13.0. The summed E-state index contributed by atoms with van der Waals surface area (Å²) < 4.78 is 16.4. The van der Waals surface area contributed by atoms with Gasteiger partial charge in [-0.25, -0.2) is 4.98 Å². The number of carbonyl (C=O) groups is 1. The maximum absolute atomic E-state index is 13.0. The summed E-state index contributed by atoms with van der Waals surface area (Å²) in [6, 6.07) is 0. The molecule has 3 heterocycles. The summed E-state index contributed by atoms with van der Waals surface area (Å²) in [5.74, 6) is 2.34. The van der Waals surface area contributed by atoms with Gasteiger partial charge in [0.1, 0.15) is 24.8 Å². The van der Waals surface area contributed by atoms with Gasteiger partial charge in [0.2, 0.25) is 5.75 Å². The minimum atomic E-state index is -0.192. The van der Waals surface area contributed by atoms with E-state index in [0.29, 0.717) is 49.6 Å². The lowest BCUT2D eigenvalue weighted by Gasteiger charge is -2.22. The second-order valence-electron chi connectivity index (χ2n) is 6.82. The van der Waals surface area contributed by atoms with Crippen LogP contribution in [0.25, 0.3) is 0 Å². The van der Waals surface area contributed by atoms with Crippen LogP contribution in [0, 0.1) is 13.8 Å². The lowest BCUT2D eigenvalue weighted by atomic mass is 10.1. The molecule has 8 nitrogen and oxygen atoms in total. The summed E-state index contributed by atoms with van der Waals surface area (Å²) in [6.45, 7) is 5.14. The zero-order valence-electron chi connectivity index (χ0n) is 15.2. The quantitative estimate of drug-likeness (QED) is 0.808. The average molecular weight is 358 g/mol. The van der Waals surface area contributed by atoms with Crippen LogP contribution in [0.1, 0.15) is 52.1 Å². The van der Waals surface area contributed by atoms with Crippen LogP contribution in [0.15, 0.2) is 4.52 Å². The van der Waals surface area contributed by atoms with E-state index in [0.717, 1.165) is 29.9 Å². The lowest BCUT2D eigenvalue weighted by Crippen LogP contribution is -2.31. The molecular weight excluding hydrogens is 336 g/mol. The monoisotopic (exact) mass is 358 g/mol. The first-order chi connectivity index (χ1) is 12.5. The van der Waals surface area contributed by atoms with Gasteiger partial charge in [-0.05, 0) is 33.1 Å². The van der Waals surface area contributed by atoms with Gasteiger partial charge in [-0.3, -0.25) is 4.79 Å². The van der Waals surface area contributed by atoms with E-state index in [9.17, 15) is 4.79 Å². The fourth-order valence-corrected chi connectivity index (χ4v) is 3.05. The predicted molar refractivity (Wildman–Crippen MR) is 91.6 cm³/mol. The molecule has 2 aromatic rings. The third-order valence-corrected chi connectivity index (χ3v) is 4.79. The minimum Gasteiger partial charge on any atom is -0.483 e. The van der Waals surface area contributed by atoms with Gasteiger partial charge in [-0.2, -0.15) is 4.98 Å². The number of nitrogens with zero attached hydrogens (tertiary/aromatic N) is 4. The largest absolute Gasteiger partial charge is 0.483 e. The van der Waals surface area contributed by atoms with E-state index in [-0.39, 0.29) is 11.6 Å². The number of likely N-dealkylation sites (N-methyl/N-ethyl adjacent to an activating group) is 1. The van der Waals surface area contributed by atoms with Crippen LogP contribution in [0.5, 0.6) is 11.6 Å². The Labute approximate surface area is 151 Å². The third-order valence-electron chi connectivity index (χ3n) is 4.79. The molecular formula is C18H22N4O4.